The number of benzene rings is 1. The molecule has 1 rings (SSSR count). The van der Waals surface area contributed by atoms with Gasteiger partial charge in [-0.1, -0.05) is 6.92 Å². The molecule has 0 heterocycles. The molecule has 0 amide bonds. The SMILES string of the molecule is CCCOc1cc(C)c(C=NN=C(N)N)c(C)c1. The van der Waals surface area contributed by atoms with Crippen LogP contribution in [0, 0.1) is 13.8 Å². The monoisotopic (exact) mass is 248 g/mol. The van der Waals surface area contributed by atoms with Crippen LogP contribution in [0.4, 0.5) is 0 Å². The second kappa shape index (κ2) is 6.64. The molecule has 5 heteroatoms. The van der Waals surface area contributed by atoms with E-state index >= 15 is 0 Å². The average Bonchev–Trinajstić information content (AvgIpc) is 2.29. The zero-order valence-electron chi connectivity index (χ0n) is 11.1. The number of nitrogens with zero attached hydrogens (tertiary/aromatic N) is 2. The third kappa shape index (κ3) is 4.08. The van der Waals surface area contributed by atoms with Crippen molar-refractivity contribution in [3.63, 3.8) is 0 Å². The van der Waals surface area contributed by atoms with Gasteiger partial charge in [0.1, 0.15) is 5.75 Å². The Bertz CT molecular complexity index is 439. The van der Waals surface area contributed by atoms with E-state index in [0.29, 0.717) is 0 Å². The smallest absolute Gasteiger partial charge is 0.211 e. The molecule has 4 N–H and O–H groups in total. The van der Waals surface area contributed by atoms with E-state index in [4.69, 9.17) is 16.2 Å². The van der Waals surface area contributed by atoms with Gasteiger partial charge in [-0.25, -0.2) is 0 Å². The first kappa shape index (κ1) is 14.0. The van der Waals surface area contributed by atoms with Crippen LogP contribution in [-0.4, -0.2) is 18.8 Å². The summed E-state index contributed by atoms with van der Waals surface area (Å²) in [7, 11) is 0. The van der Waals surface area contributed by atoms with E-state index < -0.39 is 0 Å². The number of hydrogen-bond acceptors (Lipinski definition) is 3. The lowest BCUT2D eigenvalue weighted by molar-refractivity contribution is 0.317. The Labute approximate surface area is 108 Å². The summed E-state index contributed by atoms with van der Waals surface area (Å²) in [4.78, 5) is 0. The van der Waals surface area contributed by atoms with Crippen LogP contribution in [0.2, 0.25) is 0 Å². The van der Waals surface area contributed by atoms with E-state index in [-0.39, 0.29) is 5.96 Å². The molecular formula is C13H20N4O. The van der Waals surface area contributed by atoms with Gasteiger partial charge >= 0.3 is 0 Å². The summed E-state index contributed by atoms with van der Waals surface area (Å²) in [5.41, 5.74) is 13.6. The van der Waals surface area contributed by atoms with Crippen LogP contribution in [0.3, 0.4) is 0 Å². The van der Waals surface area contributed by atoms with Crippen LogP contribution in [0.15, 0.2) is 22.3 Å². The number of nitrogens with two attached hydrogens (primary N) is 2. The Balaban J connectivity index is 2.94. The molecule has 0 saturated carbocycles. The van der Waals surface area contributed by atoms with Crippen molar-refractivity contribution in [3.8, 4) is 5.75 Å². The predicted molar refractivity (Wildman–Crippen MR) is 75.1 cm³/mol. The molecule has 0 radical (unpaired) electrons. The van der Waals surface area contributed by atoms with E-state index in [1.807, 2.05) is 26.0 Å². The fourth-order valence-corrected chi connectivity index (χ4v) is 1.60. The zero-order valence-corrected chi connectivity index (χ0v) is 11.1. The summed E-state index contributed by atoms with van der Waals surface area (Å²) in [6.07, 6.45) is 2.64. The summed E-state index contributed by atoms with van der Waals surface area (Å²) in [6.45, 7) is 6.81. The van der Waals surface area contributed by atoms with E-state index in [9.17, 15) is 0 Å². The van der Waals surface area contributed by atoms with Gasteiger partial charge in [0.2, 0.25) is 5.96 Å². The fourth-order valence-electron chi connectivity index (χ4n) is 1.60. The molecular weight excluding hydrogens is 228 g/mol. The van der Waals surface area contributed by atoms with E-state index in [1.54, 1.807) is 6.21 Å². The third-order valence-corrected chi connectivity index (χ3v) is 2.40. The van der Waals surface area contributed by atoms with Crippen LogP contribution in [-0.2, 0) is 0 Å². The molecule has 0 aliphatic carbocycles. The van der Waals surface area contributed by atoms with Gasteiger partial charge in [0.15, 0.2) is 0 Å². The maximum Gasteiger partial charge on any atom is 0.211 e. The van der Waals surface area contributed by atoms with Crippen molar-refractivity contribution in [2.24, 2.45) is 21.7 Å². The number of hydrogen-bond donors (Lipinski definition) is 2. The molecule has 0 aromatic heterocycles. The van der Waals surface area contributed by atoms with Crippen LogP contribution in [0.1, 0.15) is 30.0 Å². The van der Waals surface area contributed by atoms with Gasteiger partial charge in [-0.2, -0.15) is 5.10 Å². The van der Waals surface area contributed by atoms with Gasteiger partial charge in [-0.15, -0.1) is 5.10 Å². The highest BCUT2D eigenvalue weighted by Crippen LogP contribution is 2.20. The summed E-state index contributed by atoms with van der Waals surface area (Å²) in [6, 6.07) is 3.97. The lowest BCUT2D eigenvalue weighted by Crippen LogP contribution is -2.21. The van der Waals surface area contributed by atoms with Crippen molar-refractivity contribution < 1.29 is 4.74 Å². The highest BCUT2D eigenvalue weighted by Gasteiger charge is 2.03. The minimum absolute atomic E-state index is 0.0514. The molecule has 0 bridgehead atoms. The molecule has 0 aliphatic heterocycles. The van der Waals surface area contributed by atoms with E-state index in [2.05, 4.69) is 17.1 Å². The Morgan fingerprint density at radius 3 is 2.39 bits per heavy atom. The molecule has 1 aromatic rings. The Morgan fingerprint density at radius 1 is 1.28 bits per heavy atom. The summed E-state index contributed by atoms with van der Waals surface area (Å²) < 4.78 is 5.60. The van der Waals surface area contributed by atoms with Gasteiger partial charge < -0.3 is 16.2 Å². The average molecular weight is 248 g/mol. The van der Waals surface area contributed by atoms with Crippen LogP contribution < -0.4 is 16.2 Å². The number of ether oxygens (including phenoxy) is 1. The quantitative estimate of drug-likeness (QED) is 0.472. The number of aryl methyl sites for hydroxylation is 2. The van der Waals surface area contributed by atoms with Gasteiger partial charge in [-0.05, 0) is 43.5 Å². The molecule has 0 unspecified atom stereocenters. The maximum absolute atomic E-state index is 5.60. The maximum atomic E-state index is 5.60. The number of guanidine groups is 1. The van der Waals surface area contributed by atoms with Crippen molar-refractivity contribution in [3.05, 3.63) is 28.8 Å². The molecule has 5 nitrogen and oxygen atoms in total. The first-order chi connectivity index (χ1) is 8.54. The Hall–Kier alpha value is -2.04. The molecule has 18 heavy (non-hydrogen) atoms. The molecule has 0 fully saturated rings. The van der Waals surface area contributed by atoms with Gasteiger partial charge in [0.05, 0.1) is 12.8 Å². The topological polar surface area (TPSA) is 86.0 Å². The second-order valence-corrected chi connectivity index (χ2v) is 4.09. The molecule has 0 saturated heterocycles. The van der Waals surface area contributed by atoms with E-state index in [1.165, 1.54) is 0 Å². The fraction of sp³-hybridized carbons (Fsp3) is 0.385. The molecule has 0 spiro atoms. The normalized spacial score (nSPS) is 10.6. The van der Waals surface area contributed by atoms with Gasteiger partial charge in [0, 0.05) is 5.56 Å². The van der Waals surface area contributed by atoms with Gasteiger partial charge in [-0.3, -0.25) is 0 Å². The number of rotatable bonds is 5. The van der Waals surface area contributed by atoms with Gasteiger partial charge in [0.25, 0.3) is 0 Å². The Kier molecular flexibility index (Phi) is 5.17. The second-order valence-electron chi connectivity index (χ2n) is 4.09. The third-order valence-electron chi connectivity index (χ3n) is 2.40. The molecule has 1 aromatic carbocycles. The highest BCUT2D eigenvalue weighted by molar-refractivity contribution is 5.85. The summed E-state index contributed by atoms with van der Waals surface area (Å²) in [5.74, 6) is 0.829. The van der Waals surface area contributed by atoms with Crippen LogP contribution >= 0.6 is 0 Å². The molecule has 0 atom stereocenters. The summed E-state index contributed by atoms with van der Waals surface area (Å²) >= 11 is 0. The largest absolute Gasteiger partial charge is 0.494 e. The highest BCUT2D eigenvalue weighted by atomic mass is 16.5. The van der Waals surface area contributed by atoms with Crippen LogP contribution in [0.25, 0.3) is 0 Å². The van der Waals surface area contributed by atoms with Crippen molar-refractivity contribution in [2.45, 2.75) is 27.2 Å². The molecule has 0 aliphatic rings. The van der Waals surface area contributed by atoms with Crippen molar-refractivity contribution in [2.75, 3.05) is 6.61 Å². The van der Waals surface area contributed by atoms with Crippen molar-refractivity contribution >= 4 is 12.2 Å². The standard InChI is InChI=1S/C13H20N4O/c1-4-5-18-11-6-9(2)12(10(3)7-11)8-16-17-13(14)15/h6-8H,4-5H2,1-3H3,(H4,14,15,17). The molecule has 98 valence electrons. The first-order valence-electron chi connectivity index (χ1n) is 5.90. The van der Waals surface area contributed by atoms with E-state index in [0.717, 1.165) is 35.5 Å². The lowest BCUT2D eigenvalue weighted by Gasteiger charge is -2.10. The lowest BCUT2D eigenvalue weighted by atomic mass is 10.0. The minimum atomic E-state index is -0.0514. The predicted octanol–water partition coefficient (Wildman–Crippen LogP) is 1.70. The first-order valence-corrected chi connectivity index (χ1v) is 5.90. The minimum Gasteiger partial charge on any atom is -0.494 e. The van der Waals surface area contributed by atoms with Crippen molar-refractivity contribution in [1.82, 2.24) is 0 Å². The van der Waals surface area contributed by atoms with Crippen LogP contribution in [0.5, 0.6) is 5.75 Å². The van der Waals surface area contributed by atoms with Crippen molar-refractivity contribution in [1.29, 1.82) is 0 Å². The summed E-state index contributed by atoms with van der Waals surface area (Å²) in [5, 5.41) is 7.41. The Morgan fingerprint density at radius 2 is 1.89 bits per heavy atom. The zero-order chi connectivity index (χ0) is 13.5.